The second kappa shape index (κ2) is 22.2. The Kier molecular flexibility index (Phi) is 16.6. The number of ether oxygens (including phenoxy) is 2. The Balaban J connectivity index is 0.000000327. The molecule has 11 heteroatoms. The van der Waals surface area contributed by atoms with Crippen LogP contribution in [0.3, 0.4) is 0 Å². The van der Waals surface area contributed by atoms with Gasteiger partial charge < -0.3 is 32.4 Å². The van der Waals surface area contributed by atoms with Crippen molar-refractivity contribution in [1.82, 2.24) is 0 Å². The lowest BCUT2D eigenvalue weighted by molar-refractivity contribution is -0.137. The molecule has 4 aliphatic carbocycles. The smallest absolute Gasteiger partial charge is 0.338 e. The molecular formula is C58H81N5O6. The van der Waals surface area contributed by atoms with Crippen LogP contribution in [0, 0.1) is 58.2 Å². The molecule has 3 aromatic carbocycles. The third kappa shape index (κ3) is 11.8. The van der Waals surface area contributed by atoms with Gasteiger partial charge in [0.15, 0.2) is 0 Å². The summed E-state index contributed by atoms with van der Waals surface area (Å²) in [4.78, 5) is 50.8. The lowest BCUT2D eigenvalue weighted by Gasteiger charge is -2.61. The summed E-state index contributed by atoms with van der Waals surface area (Å²) in [7, 11) is 0. The number of hydrogen-bond donors (Lipinski definition) is 4. The van der Waals surface area contributed by atoms with Crippen LogP contribution in [0.15, 0.2) is 66.7 Å². The molecule has 0 radical (unpaired) electrons. The predicted octanol–water partition coefficient (Wildman–Crippen LogP) is 11.8. The number of hydrogen-bond acceptors (Lipinski definition) is 10. The summed E-state index contributed by atoms with van der Waals surface area (Å²) in [6.45, 7) is 14.8. The summed E-state index contributed by atoms with van der Waals surface area (Å²) >= 11 is 0. The highest BCUT2D eigenvalue weighted by Crippen LogP contribution is 2.68. The van der Waals surface area contributed by atoms with Gasteiger partial charge in [-0.1, -0.05) is 85.4 Å². The van der Waals surface area contributed by atoms with Gasteiger partial charge in [0.1, 0.15) is 6.10 Å². The fourth-order valence-electron chi connectivity index (χ4n) is 13.9. The van der Waals surface area contributed by atoms with Crippen LogP contribution in [0.1, 0.15) is 159 Å². The molecule has 4 saturated carbocycles. The number of esters is 2. The maximum Gasteiger partial charge on any atom is 0.338 e. The Labute approximate surface area is 411 Å². The van der Waals surface area contributed by atoms with Gasteiger partial charge in [-0.3, -0.25) is 14.5 Å². The van der Waals surface area contributed by atoms with Gasteiger partial charge >= 0.3 is 11.9 Å². The molecule has 1 aliphatic heterocycles. The van der Waals surface area contributed by atoms with E-state index < -0.39 is 5.97 Å². The van der Waals surface area contributed by atoms with E-state index in [1.807, 2.05) is 25.1 Å². The highest BCUT2D eigenvalue weighted by Gasteiger charge is 2.60. The van der Waals surface area contributed by atoms with E-state index in [-0.39, 0.29) is 42.8 Å². The number of nitrogens with two attached hydrogens (primary N) is 4. The number of nitrogen functional groups attached to an aromatic ring is 4. The first-order chi connectivity index (χ1) is 32.9. The third-order valence-electron chi connectivity index (χ3n) is 17.5. The SMILES string of the molecule is CC(C)CCCC(C)C1CCC2C3CCC4CC(OC(=O)c5ccc(/C=C/C(=O)OCCc6ccc(N)cc6N)cc5)CCC4(C)C3CCC12C.CCCC1CC(=O)N(c2cc(N)cc(N)c2)C1=O. The second-order valence-electron chi connectivity index (χ2n) is 22.4. The van der Waals surface area contributed by atoms with Gasteiger partial charge in [-0.25, -0.2) is 9.59 Å². The molecule has 2 amide bonds. The number of imide groups is 1. The van der Waals surface area contributed by atoms with Gasteiger partial charge in [-0.2, -0.15) is 0 Å². The van der Waals surface area contributed by atoms with Crippen molar-refractivity contribution < 1.29 is 28.7 Å². The molecule has 1 heterocycles. The molecule has 10 unspecified atom stereocenters. The molecule has 0 spiro atoms. The standard InChI is InChI=1S/C45H64N2O4.C13H17N3O2/c1-29(2)7-6-8-30(3)38-18-19-39-37-17-15-34-27-36(21-24-44(34,4)40(37)22-25-45(38,39)5)51-43(49)33-12-9-31(10-13-33)11-20-42(48)50-26-23-32-14-16-35(46)28-41(32)47;1-2-3-8-4-12(17)16(13(8)18)11-6-9(14)5-10(15)7-11/h9-14,16,20,28-30,34,36-40H,6-8,15,17-19,21-27,46-47H2,1-5H3;5-8H,2-4,14-15H2,1H3/b20-11+;. The van der Waals surface area contributed by atoms with Gasteiger partial charge in [-0.15, -0.1) is 0 Å². The Morgan fingerprint density at radius 2 is 1.52 bits per heavy atom. The van der Waals surface area contributed by atoms with Crippen molar-refractivity contribution in [2.45, 2.75) is 150 Å². The fourth-order valence-corrected chi connectivity index (χ4v) is 13.9. The quantitative estimate of drug-likeness (QED) is 0.0493. The monoisotopic (exact) mass is 944 g/mol. The van der Waals surface area contributed by atoms with Crippen LogP contribution < -0.4 is 27.8 Å². The Morgan fingerprint density at radius 1 is 0.812 bits per heavy atom. The number of carbonyl (C=O) groups is 4. The first kappa shape index (κ1) is 51.5. The lowest BCUT2D eigenvalue weighted by Crippen LogP contribution is -2.54. The zero-order valence-corrected chi connectivity index (χ0v) is 42.4. The van der Waals surface area contributed by atoms with Gasteiger partial charge in [0.2, 0.25) is 11.8 Å². The van der Waals surface area contributed by atoms with E-state index in [2.05, 4.69) is 34.6 Å². The van der Waals surface area contributed by atoms with Gasteiger partial charge in [0.25, 0.3) is 0 Å². The van der Waals surface area contributed by atoms with Crippen molar-refractivity contribution in [3.8, 4) is 0 Å². The van der Waals surface area contributed by atoms with Crippen LogP contribution in [0.25, 0.3) is 6.08 Å². The van der Waals surface area contributed by atoms with E-state index in [0.29, 0.717) is 57.2 Å². The van der Waals surface area contributed by atoms with Crippen molar-refractivity contribution in [2.24, 2.45) is 58.2 Å². The van der Waals surface area contributed by atoms with E-state index in [9.17, 15) is 19.2 Å². The van der Waals surface area contributed by atoms with Crippen LogP contribution in [0.2, 0.25) is 0 Å². The molecule has 69 heavy (non-hydrogen) atoms. The van der Waals surface area contributed by atoms with Crippen LogP contribution in [-0.4, -0.2) is 36.5 Å². The van der Waals surface area contributed by atoms with Crippen molar-refractivity contribution >= 4 is 58.3 Å². The molecule has 0 aromatic heterocycles. The molecule has 11 nitrogen and oxygen atoms in total. The number of amides is 2. The first-order valence-corrected chi connectivity index (χ1v) is 26.2. The second-order valence-corrected chi connectivity index (χ2v) is 22.4. The minimum absolute atomic E-state index is 0.0125. The van der Waals surface area contributed by atoms with Crippen LogP contribution in [-0.2, 0) is 30.3 Å². The fraction of sp³-hybridized carbons (Fsp3) is 0.586. The van der Waals surface area contributed by atoms with E-state index in [1.165, 1.54) is 75.2 Å². The molecule has 5 fully saturated rings. The predicted molar refractivity (Wildman–Crippen MR) is 278 cm³/mol. The molecular weight excluding hydrogens is 863 g/mol. The third-order valence-corrected chi connectivity index (χ3v) is 17.5. The molecule has 10 atom stereocenters. The number of rotatable bonds is 15. The van der Waals surface area contributed by atoms with E-state index >= 15 is 0 Å². The largest absolute Gasteiger partial charge is 0.462 e. The van der Waals surface area contributed by atoms with Crippen LogP contribution in [0.4, 0.5) is 28.4 Å². The topological polar surface area (TPSA) is 194 Å². The maximum absolute atomic E-state index is 13.3. The molecule has 8 N–H and O–H groups in total. The zero-order chi connectivity index (χ0) is 49.6. The normalized spacial score (nSPS) is 28.9. The summed E-state index contributed by atoms with van der Waals surface area (Å²) < 4.78 is 11.5. The van der Waals surface area contributed by atoms with Gasteiger partial charge in [-0.05, 0) is 176 Å². The molecule has 8 rings (SSSR count). The maximum atomic E-state index is 13.3. The van der Waals surface area contributed by atoms with Crippen molar-refractivity contribution in [3.63, 3.8) is 0 Å². The minimum Gasteiger partial charge on any atom is -0.462 e. The van der Waals surface area contributed by atoms with Crippen LogP contribution in [0.5, 0.6) is 0 Å². The Morgan fingerprint density at radius 3 is 2.22 bits per heavy atom. The molecule has 1 saturated heterocycles. The van der Waals surface area contributed by atoms with Crippen LogP contribution >= 0.6 is 0 Å². The Bertz CT molecular complexity index is 2310. The number of benzene rings is 3. The molecule has 5 aliphatic rings. The summed E-state index contributed by atoms with van der Waals surface area (Å²) in [6.07, 6.45) is 21.1. The Hall–Kier alpha value is -5.32. The summed E-state index contributed by atoms with van der Waals surface area (Å²) in [5.41, 5.74) is 28.8. The van der Waals surface area contributed by atoms with Crippen molar-refractivity contribution in [3.05, 3.63) is 83.4 Å². The van der Waals surface area contributed by atoms with E-state index in [4.69, 9.17) is 32.4 Å². The lowest BCUT2D eigenvalue weighted by atomic mass is 9.44. The number of nitrogens with zero attached hydrogens (tertiary/aromatic N) is 1. The average molecular weight is 944 g/mol. The minimum atomic E-state index is -0.428. The average Bonchev–Trinajstić information content (AvgIpc) is 3.80. The summed E-state index contributed by atoms with van der Waals surface area (Å²) in [5, 5.41) is 0. The number of fused-ring (bicyclic) bond motifs is 5. The highest BCUT2D eigenvalue weighted by molar-refractivity contribution is 6.21. The highest BCUT2D eigenvalue weighted by atomic mass is 16.5. The molecule has 374 valence electrons. The number of anilines is 5. The summed E-state index contributed by atoms with van der Waals surface area (Å²) in [5.74, 6) is 4.58. The first-order valence-electron chi connectivity index (χ1n) is 26.2. The number of carbonyl (C=O) groups excluding carboxylic acids is 4. The van der Waals surface area contributed by atoms with Gasteiger partial charge in [0, 0.05) is 47.6 Å². The van der Waals surface area contributed by atoms with Gasteiger partial charge in [0.05, 0.1) is 17.9 Å². The zero-order valence-electron chi connectivity index (χ0n) is 42.4. The van der Waals surface area contributed by atoms with Crippen molar-refractivity contribution in [2.75, 3.05) is 34.4 Å². The molecule has 0 bridgehead atoms. The van der Waals surface area contributed by atoms with Crippen molar-refractivity contribution in [1.29, 1.82) is 0 Å². The summed E-state index contributed by atoms with van der Waals surface area (Å²) in [6, 6.07) is 17.4. The van der Waals surface area contributed by atoms with E-state index in [1.54, 1.807) is 48.5 Å². The molecule has 3 aromatic rings. The van der Waals surface area contributed by atoms with E-state index in [0.717, 1.165) is 72.3 Å².